The first-order valence-electron chi connectivity index (χ1n) is 22.5. The summed E-state index contributed by atoms with van der Waals surface area (Å²) in [5.74, 6) is 3.05. The monoisotopic (exact) mass is 828 g/mol. The lowest BCUT2D eigenvalue weighted by atomic mass is 9.73. The van der Waals surface area contributed by atoms with Crippen molar-refractivity contribution in [3.05, 3.63) is 204 Å². The lowest BCUT2D eigenvalue weighted by Gasteiger charge is -2.33. The normalized spacial score (nSPS) is 13.7. The van der Waals surface area contributed by atoms with Gasteiger partial charge in [0.05, 0.1) is 17.7 Å². The van der Waals surface area contributed by atoms with E-state index in [0.717, 1.165) is 40.5 Å². The summed E-state index contributed by atoms with van der Waals surface area (Å²) in [4.78, 5) is 9.76. The van der Waals surface area contributed by atoms with Crippen molar-refractivity contribution in [2.45, 2.75) is 79.6 Å². The van der Waals surface area contributed by atoms with Gasteiger partial charge < -0.3 is 14.5 Å². The smallest absolute Gasteiger partial charge is 0.137 e. The molecule has 0 radical (unpaired) electrons. The van der Waals surface area contributed by atoms with Crippen molar-refractivity contribution < 1.29 is 4.74 Å². The van der Waals surface area contributed by atoms with Gasteiger partial charge in [0.15, 0.2) is 0 Å². The van der Waals surface area contributed by atoms with E-state index in [0.29, 0.717) is 12.6 Å². The van der Waals surface area contributed by atoms with Crippen molar-refractivity contribution in [2.75, 3.05) is 16.5 Å². The third kappa shape index (κ3) is 8.13. The predicted octanol–water partition coefficient (Wildman–Crippen LogP) is 15.0. The quantitative estimate of drug-likeness (QED) is 0.130. The number of pyridine rings is 1. The van der Waals surface area contributed by atoms with E-state index in [4.69, 9.17) is 9.72 Å². The molecule has 0 saturated carbocycles. The molecule has 9 rings (SSSR count). The fourth-order valence-electron chi connectivity index (χ4n) is 9.30. The maximum Gasteiger partial charge on any atom is 0.137 e. The van der Waals surface area contributed by atoms with Gasteiger partial charge in [-0.2, -0.15) is 0 Å². The Hall–Kier alpha value is -6.59. The molecule has 6 aromatic carbocycles. The van der Waals surface area contributed by atoms with Gasteiger partial charge in [-0.05, 0) is 94.8 Å². The molecule has 0 atom stereocenters. The van der Waals surface area contributed by atoms with E-state index in [1.54, 1.807) is 0 Å². The van der Waals surface area contributed by atoms with Crippen LogP contribution in [0.15, 0.2) is 176 Å². The maximum absolute atomic E-state index is 6.78. The second kappa shape index (κ2) is 16.3. The van der Waals surface area contributed by atoms with Crippen LogP contribution < -0.4 is 14.5 Å². The molecule has 5 heteroatoms. The molecule has 0 saturated heterocycles. The van der Waals surface area contributed by atoms with Crippen molar-refractivity contribution in [3.8, 4) is 17.3 Å². The summed E-state index contributed by atoms with van der Waals surface area (Å²) in [5.41, 5.74) is 11.6. The van der Waals surface area contributed by atoms with Gasteiger partial charge in [-0.1, -0.05) is 153 Å². The summed E-state index contributed by atoms with van der Waals surface area (Å²) < 4.78 is 9.06. The van der Waals surface area contributed by atoms with Crippen LogP contribution in [-0.2, 0) is 17.3 Å². The average Bonchev–Trinajstić information content (AvgIpc) is 3.88. The van der Waals surface area contributed by atoms with E-state index in [-0.39, 0.29) is 16.2 Å². The molecular formula is C58H60N4O. The van der Waals surface area contributed by atoms with Crippen LogP contribution in [0.3, 0.4) is 0 Å². The van der Waals surface area contributed by atoms with Crippen LogP contribution in [0.2, 0.25) is 0 Å². The number of fused-ring (bicyclic) bond motifs is 3. The molecule has 0 bridgehead atoms. The summed E-state index contributed by atoms with van der Waals surface area (Å²) in [6.07, 6.45) is 5.30. The van der Waals surface area contributed by atoms with Gasteiger partial charge in [0.2, 0.25) is 0 Å². The molecule has 1 aliphatic rings. The Morgan fingerprint density at radius 1 is 0.556 bits per heavy atom. The number of ether oxygens (including phenoxy) is 1. The maximum atomic E-state index is 6.78. The van der Waals surface area contributed by atoms with Crippen LogP contribution in [0.4, 0.5) is 11.4 Å². The average molecular weight is 829 g/mol. The van der Waals surface area contributed by atoms with E-state index in [9.17, 15) is 0 Å². The largest absolute Gasteiger partial charge is 0.457 e. The number of aromatic nitrogens is 2. The first-order valence-corrected chi connectivity index (χ1v) is 22.5. The van der Waals surface area contributed by atoms with E-state index in [1.807, 2.05) is 6.20 Å². The molecule has 0 fully saturated rings. The Balaban J connectivity index is 1.07. The van der Waals surface area contributed by atoms with Crippen molar-refractivity contribution in [2.24, 2.45) is 11.3 Å². The van der Waals surface area contributed by atoms with E-state index in [1.165, 1.54) is 50.0 Å². The minimum Gasteiger partial charge on any atom is -0.457 e. The number of hydrogen-bond acceptors (Lipinski definition) is 4. The van der Waals surface area contributed by atoms with Crippen molar-refractivity contribution in [1.82, 2.24) is 9.55 Å². The lowest BCUT2D eigenvalue weighted by molar-refractivity contribution is 0.481. The van der Waals surface area contributed by atoms with Crippen LogP contribution in [-0.4, -0.2) is 16.2 Å². The number of benzene rings is 6. The standard InChI is InChI=1S/C58H60N4O/c1-40(2)31-41-29-30-59-55(32-41)62-52-26-17-16-25-50(52)51-28-27-49(37-53(51)62)63-48-24-18-23-46(36-48)61-39-60(38-54(61)56(3,4)5)47-34-44(57(6,7)42-19-12-10-13-20-42)33-45(35-47)58(8,9)43-21-14-11-15-22-43/h10-30,32-38,40H,31,39H2,1-9H3. The first-order chi connectivity index (χ1) is 30.2. The van der Waals surface area contributed by atoms with Crippen LogP contribution in [0, 0.1) is 11.3 Å². The third-order valence-electron chi connectivity index (χ3n) is 13.0. The zero-order valence-electron chi connectivity index (χ0n) is 38.4. The summed E-state index contributed by atoms with van der Waals surface area (Å²) in [6, 6.07) is 57.0. The van der Waals surface area contributed by atoms with Crippen molar-refractivity contribution in [3.63, 3.8) is 0 Å². The summed E-state index contributed by atoms with van der Waals surface area (Å²) >= 11 is 0. The second-order valence-corrected chi connectivity index (χ2v) is 19.8. The SMILES string of the molecule is CC(C)Cc1ccnc(-n2c3ccccc3c3ccc(Oc4cccc(N5CN(c6cc(C(C)(C)c7ccccc7)cc(C(C)(C)c7ccccc7)c6)C=C5C(C)(C)C)c4)cc32)c1. The molecule has 3 heterocycles. The Bertz CT molecular complexity index is 2880. The molecule has 0 N–H and O–H groups in total. The summed E-state index contributed by atoms with van der Waals surface area (Å²) in [7, 11) is 0. The van der Waals surface area contributed by atoms with E-state index in [2.05, 4.69) is 241 Å². The zero-order valence-corrected chi connectivity index (χ0v) is 38.4. The molecule has 0 aliphatic carbocycles. The minimum absolute atomic E-state index is 0.127. The van der Waals surface area contributed by atoms with Gasteiger partial charge >= 0.3 is 0 Å². The van der Waals surface area contributed by atoms with Gasteiger partial charge in [-0.25, -0.2) is 4.98 Å². The Morgan fingerprint density at radius 2 is 1.17 bits per heavy atom. The first kappa shape index (κ1) is 41.7. The van der Waals surface area contributed by atoms with Crippen molar-refractivity contribution >= 4 is 33.2 Å². The van der Waals surface area contributed by atoms with Gasteiger partial charge in [-0.3, -0.25) is 4.57 Å². The van der Waals surface area contributed by atoms with E-state index < -0.39 is 0 Å². The molecule has 0 spiro atoms. The minimum atomic E-state index is -0.216. The Labute approximate surface area is 374 Å². The topological polar surface area (TPSA) is 33.5 Å². The number of anilines is 2. The number of hydrogen-bond donors (Lipinski definition) is 0. The molecule has 5 nitrogen and oxygen atoms in total. The summed E-state index contributed by atoms with van der Waals surface area (Å²) in [5, 5.41) is 2.37. The second-order valence-electron chi connectivity index (χ2n) is 19.8. The third-order valence-corrected chi connectivity index (χ3v) is 13.0. The molecule has 0 unspecified atom stereocenters. The van der Waals surface area contributed by atoms with Crippen LogP contribution in [0.25, 0.3) is 27.6 Å². The van der Waals surface area contributed by atoms with Crippen LogP contribution in [0.1, 0.15) is 90.1 Å². The molecule has 0 amide bonds. The summed E-state index contributed by atoms with van der Waals surface area (Å²) in [6.45, 7) is 21.5. The van der Waals surface area contributed by atoms with Crippen LogP contribution >= 0.6 is 0 Å². The highest BCUT2D eigenvalue weighted by Gasteiger charge is 2.34. The Morgan fingerprint density at radius 3 is 1.83 bits per heavy atom. The fourth-order valence-corrected chi connectivity index (χ4v) is 9.30. The zero-order chi connectivity index (χ0) is 44.1. The molecule has 8 aromatic rings. The number of allylic oxidation sites excluding steroid dienone is 1. The Kier molecular flexibility index (Phi) is 10.8. The highest BCUT2D eigenvalue weighted by Crippen LogP contribution is 2.44. The fraction of sp³-hybridized carbons (Fsp3) is 0.259. The van der Waals surface area contributed by atoms with Gasteiger partial charge in [0.1, 0.15) is 17.3 Å². The predicted molar refractivity (Wildman–Crippen MR) is 265 cm³/mol. The number of para-hydroxylation sites is 1. The van der Waals surface area contributed by atoms with Gasteiger partial charge in [-0.15, -0.1) is 0 Å². The molecule has 1 aliphatic heterocycles. The molecular weight excluding hydrogens is 769 g/mol. The van der Waals surface area contributed by atoms with Gasteiger partial charge in [0, 0.05) is 68.6 Å². The molecule has 63 heavy (non-hydrogen) atoms. The highest BCUT2D eigenvalue weighted by molar-refractivity contribution is 6.09. The molecule has 318 valence electrons. The van der Waals surface area contributed by atoms with E-state index >= 15 is 0 Å². The lowest BCUT2D eigenvalue weighted by Crippen LogP contribution is -2.31. The van der Waals surface area contributed by atoms with Gasteiger partial charge in [0.25, 0.3) is 0 Å². The number of rotatable bonds is 11. The van der Waals surface area contributed by atoms with Crippen molar-refractivity contribution in [1.29, 1.82) is 0 Å². The van der Waals surface area contributed by atoms with Crippen LogP contribution in [0.5, 0.6) is 11.5 Å². The number of nitrogens with zero attached hydrogens (tertiary/aromatic N) is 4. The highest BCUT2D eigenvalue weighted by atomic mass is 16.5. The molecule has 2 aromatic heterocycles.